The Morgan fingerprint density at radius 2 is 1.45 bits per heavy atom. The largest absolute Gasteiger partial charge is 0.304 e. The van der Waals surface area contributed by atoms with Gasteiger partial charge in [0.15, 0.2) is 0 Å². The van der Waals surface area contributed by atoms with Crippen molar-refractivity contribution < 1.29 is 0 Å². The molecule has 1 aromatic heterocycles. The monoisotopic (exact) mass is 276 g/mol. The number of hydrogen-bond acceptors (Lipinski definition) is 4. The Bertz CT molecular complexity index is 445. The van der Waals surface area contributed by atoms with Crippen LogP contribution in [0, 0.1) is 13.8 Å². The predicted molar refractivity (Wildman–Crippen MR) is 83.0 cm³/mol. The van der Waals surface area contributed by atoms with Crippen LogP contribution in [0.4, 0.5) is 0 Å². The SMILES string of the molecule is Cc1nc(CN2CCN(C)CC2)nc(C)c1C(C)(C)C. The lowest BCUT2D eigenvalue weighted by Gasteiger charge is -2.32. The quantitative estimate of drug-likeness (QED) is 0.828. The van der Waals surface area contributed by atoms with Gasteiger partial charge in [-0.25, -0.2) is 9.97 Å². The Hall–Kier alpha value is -1.00. The van der Waals surface area contributed by atoms with E-state index < -0.39 is 0 Å². The molecule has 2 rings (SSSR count). The molecule has 1 aliphatic rings. The molecule has 0 atom stereocenters. The van der Waals surface area contributed by atoms with Crippen LogP contribution in [-0.4, -0.2) is 53.0 Å². The molecule has 0 amide bonds. The number of nitrogens with zero attached hydrogens (tertiary/aromatic N) is 4. The van der Waals surface area contributed by atoms with Crippen LogP contribution in [0.1, 0.15) is 43.5 Å². The van der Waals surface area contributed by atoms with E-state index in [1.807, 2.05) is 0 Å². The molecule has 4 nitrogen and oxygen atoms in total. The lowest BCUT2D eigenvalue weighted by Crippen LogP contribution is -2.44. The summed E-state index contributed by atoms with van der Waals surface area (Å²) in [4.78, 5) is 14.3. The van der Waals surface area contributed by atoms with E-state index in [-0.39, 0.29) is 5.41 Å². The highest BCUT2D eigenvalue weighted by molar-refractivity contribution is 5.31. The molecule has 0 aliphatic carbocycles. The molecule has 1 saturated heterocycles. The third kappa shape index (κ3) is 3.55. The van der Waals surface area contributed by atoms with Crippen molar-refractivity contribution in [3.05, 3.63) is 22.8 Å². The zero-order chi connectivity index (χ0) is 14.9. The molecule has 1 aliphatic heterocycles. The average molecular weight is 276 g/mol. The molecular weight excluding hydrogens is 248 g/mol. The van der Waals surface area contributed by atoms with Crippen molar-refractivity contribution in [2.24, 2.45) is 0 Å². The molecule has 4 heteroatoms. The Morgan fingerprint density at radius 3 is 1.90 bits per heavy atom. The van der Waals surface area contributed by atoms with Gasteiger partial charge < -0.3 is 4.90 Å². The third-order valence-electron chi connectivity index (χ3n) is 4.03. The highest BCUT2D eigenvalue weighted by Crippen LogP contribution is 2.27. The van der Waals surface area contributed by atoms with Crippen molar-refractivity contribution >= 4 is 0 Å². The van der Waals surface area contributed by atoms with Gasteiger partial charge in [0.25, 0.3) is 0 Å². The molecule has 1 fully saturated rings. The Labute approximate surface area is 123 Å². The lowest BCUT2D eigenvalue weighted by molar-refractivity contribution is 0.145. The fourth-order valence-electron chi connectivity index (χ4n) is 3.15. The Morgan fingerprint density at radius 1 is 0.950 bits per heavy atom. The number of hydrogen-bond donors (Lipinski definition) is 0. The Balaban J connectivity index is 2.14. The van der Waals surface area contributed by atoms with E-state index in [9.17, 15) is 0 Å². The van der Waals surface area contributed by atoms with Gasteiger partial charge >= 0.3 is 0 Å². The second-order valence-corrected chi connectivity index (χ2v) is 7.02. The second-order valence-electron chi connectivity index (χ2n) is 7.02. The molecule has 0 N–H and O–H groups in total. The van der Waals surface area contributed by atoms with E-state index in [2.05, 4.69) is 51.5 Å². The molecule has 0 spiro atoms. The van der Waals surface area contributed by atoms with Gasteiger partial charge in [0.2, 0.25) is 0 Å². The maximum atomic E-state index is 4.75. The summed E-state index contributed by atoms with van der Waals surface area (Å²) in [7, 11) is 2.18. The fraction of sp³-hybridized carbons (Fsp3) is 0.750. The minimum Gasteiger partial charge on any atom is -0.304 e. The third-order valence-corrected chi connectivity index (χ3v) is 4.03. The maximum Gasteiger partial charge on any atom is 0.142 e. The highest BCUT2D eigenvalue weighted by Gasteiger charge is 2.22. The number of rotatable bonds is 2. The van der Waals surface area contributed by atoms with Gasteiger partial charge in [0.1, 0.15) is 5.82 Å². The zero-order valence-corrected chi connectivity index (χ0v) is 13.8. The summed E-state index contributed by atoms with van der Waals surface area (Å²) in [6, 6.07) is 0. The van der Waals surface area contributed by atoms with Gasteiger partial charge in [-0.2, -0.15) is 0 Å². The van der Waals surface area contributed by atoms with Gasteiger partial charge in [-0.15, -0.1) is 0 Å². The number of piperazine rings is 1. The van der Waals surface area contributed by atoms with Crippen molar-refractivity contribution in [1.82, 2.24) is 19.8 Å². The molecule has 0 saturated carbocycles. The normalized spacial score (nSPS) is 18.5. The van der Waals surface area contributed by atoms with Crippen LogP contribution >= 0.6 is 0 Å². The minimum atomic E-state index is 0.112. The minimum absolute atomic E-state index is 0.112. The first kappa shape index (κ1) is 15.4. The van der Waals surface area contributed by atoms with Crippen LogP contribution in [-0.2, 0) is 12.0 Å². The van der Waals surface area contributed by atoms with Gasteiger partial charge in [-0.3, -0.25) is 4.90 Å². The van der Waals surface area contributed by atoms with Crippen molar-refractivity contribution in [3.8, 4) is 0 Å². The van der Waals surface area contributed by atoms with E-state index >= 15 is 0 Å². The van der Waals surface area contributed by atoms with Crippen LogP contribution in [0.2, 0.25) is 0 Å². The standard InChI is InChI=1S/C16H28N4/c1-12-15(16(3,4)5)13(2)18-14(17-12)11-20-9-7-19(6)8-10-20/h7-11H2,1-6H3. The van der Waals surface area contributed by atoms with Gasteiger partial charge in [-0.05, 0) is 26.3 Å². The van der Waals surface area contributed by atoms with E-state index in [1.54, 1.807) is 0 Å². The Kier molecular flexibility index (Phi) is 4.45. The summed E-state index contributed by atoms with van der Waals surface area (Å²) < 4.78 is 0. The molecule has 0 aromatic carbocycles. The molecule has 0 bridgehead atoms. The topological polar surface area (TPSA) is 32.3 Å². The summed E-state index contributed by atoms with van der Waals surface area (Å²) in [5.41, 5.74) is 3.67. The molecule has 0 unspecified atom stereocenters. The zero-order valence-electron chi connectivity index (χ0n) is 13.8. The number of likely N-dealkylation sites (N-methyl/N-ethyl adjacent to an activating group) is 1. The first-order valence-corrected chi connectivity index (χ1v) is 7.53. The van der Waals surface area contributed by atoms with Crippen molar-refractivity contribution in [2.75, 3.05) is 33.2 Å². The first-order chi connectivity index (χ1) is 9.27. The van der Waals surface area contributed by atoms with E-state index in [1.165, 1.54) is 5.56 Å². The summed E-state index contributed by atoms with van der Waals surface area (Å²) in [5, 5.41) is 0. The van der Waals surface area contributed by atoms with Gasteiger partial charge in [0, 0.05) is 43.1 Å². The molecule has 112 valence electrons. The van der Waals surface area contributed by atoms with Crippen LogP contribution in [0.5, 0.6) is 0 Å². The van der Waals surface area contributed by atoms with Crippen LogP contribution in [0.3, 0.4) is 0 Å². The summed E-state index contributed by atoms with van der Waals surface area (Å²) in [5.74, 6) is 0.970. The summed E-state index contributed by atoms with van der Waals surface area (Å²) in [6.07, 6.45) is 0. The molecule has 2 heterocycles. The van der Waals surface area contributed by atoms with E-state index in [4.69, 9.17) is 9.97 Å². The van der Waals surface area contributed by atoms with Crippen molar-refractivity contribution in [3.63, 3.8) is 0 Å². The molecule has 1 aromatic rings. The van der Waals surface area contributed by atoms with Gasteiger partial charge in [0.05, 0.1) is 6.54 Å². The average Bonchev–Trinajstić information content (AvgIpc) is 2.29. The molecule has 0 radical (unpaired) electrons. The van der Waals surface area contributed by atoms with Crippen LogP contribution in [0.15, 0.2) is 0 Å². The predicted octanol–water partition coefficient (Wildman–Crippen LogP) is 2.14. The molecule has 20 heavy (non-hydrogen) atoms. The first-order valence-electron chi connectivity index (χ1n) is 7.53. The van der Waals surface area contributed by atoms with E-state index in [0.717, 1.165) is 49.9 Å². The number of aryl methyl sites for hydroxylation is 2. The summed E-state index contributed by atoms with van der Waals surface area (Å²) >= 11 is 0. The van der Waals surface area contributed by atoms with E-state index in [0.29, 0.717) is 0 Å². The highest BCUT2D eigenvalue weighted by atomic mass is 15.3. The van der Waals surface area contributed by atoms with Crippen LogP contribution in [0.25, 0.3) is 0 Å². The fourth-order valence-corrected chi connectivity index (χ4v) is 3.15. The summed E-state index contributed by atoms with van der Waals surface area (Å²) in [6.45, 7) is 16.3. The number of aromatic nitrogens is 2. The van der Waals surface area contributed by atoms with Crippen molar-refractivity contribution in [1.29, 1.82) is 0 Å². The molecular formula is C16H28N4. The van der Waals surface area contributed by atoms with Gasteiger partial charge in [-0.1, -0.05) is 20.8 Å². The van der Waals surface area contributed by atoms with Crippen LogP contribution < -0.4 is 0 Å². The smallest absolute Gasteiger partial charge is 0.142 e. The lowest BCUT2D eigenvalue weighted by atomic mass is 9.85. The van der Waals surface area contributed by atoms with Crippen molar-refractivity contribution in [2.45, 2.75) is 46.6 Å². The second kappa shape index (κ2) is 5.78. The maximum absolute atomic E-state index is 4.75.